The predicted octanol–water partition coefficient (Wildman–Crippen LogP) is 4.00. The van der Waals surface area contributed by atoms with E-state index >= 15 is 0 Å². The van der Waals surface area contributed by atoms with Gasteiger partial charge in [0.05, 0.1) is 0 Å². The molecule has 0 aliphatic carbocycles. The van der Waals surface area contributed by atoms with E-state index in [-0.39, 0.29) is 0 Å². The zero-order valence-corrected chi connectivity index (χ0v) is 12.0. The third-order valence-corrected chi connectivity index (χ3v) is 3.63. The van der Waals surface area contributed by atoms with Crippen LogP contribution in [0.2, 0.25) is 0 Å². The second-order valence-electron chi connectivity index (χ2n) is 4.25. The number of carboxylic acids is 1. The van der Waals surface area contributed by atoms with Crippen molar-refractivity contribution in [2.75, 3.05) is 5.32 Å². The maximum atomic E-state index is 11.5. The monoisotopic (exact) mass is 319 g/mol. The van der Waals surface area contributed by atoms with E-state index in [9.17, 15) is 9.90 Å². The molecule has 0 fully saturated rings. The number of aliphatic carboxylic acids is 1. The molecule has 4 heteroatoms. The molecule has 1 unspecified atom stereocenters. The van der Waals surface area contributed by atoms with Crippen LogP contribution in [-0.2, 0) is 4.79 Å². The number of nitrogens with one attached hydrogen (secondary N) is 1. The highest BCUT2D eigenvalue weighted by Gasteiger charge is 2.22. The SMILES string of the molecule is Cc1ccccc1NC(C(=O)O)c1ccccc1Br. The molecular formula is C15H14BrNO2. The van der Waals surface area contributed by atoms with Gasteiger partial charge in [-0.25, -0.2) is 4.79 Å². The molecule has 98 valence electrons. The standard InChI is InChI=1S/C15H14BrNO2/c1-10-6-2-5-9-13(10)17-14(15(18)19)11-7-3-4-8-12(11)16/h2-9,14,17H,1H3,(H,18,19). The summed E-state index contributed by atoms with van der Waals surface area (Å²) in [5.41, 5.74) is 2.55. The van der Waals surface area contributed by atoms with Crippen molar-refractivity contribution in [1.82, 2.24) is 0 Å². The molecule has 0 amide bonds. The Morgan fingerprint density at radius 1 is 1.16 bits per heavy atom. The lowest BCUT2D eigenvalue weighted by atomic mass is 10.1. The van der Waals surface area contributed by atoms with E-state index in [1.165, 1.54) is 0 Å². The Hall–Kier alpha value is -1.81. The number of aryl methyl sites for hydroxylation is 1. The summed E-state index contributed by atoms with van der Waals surface area (Å²) >= 11 is 3.39. The van der Waals surface area contributed by atoms with E-state index in [1.807, 2.05) is 49.4 Å². The third-order valence-electron chi connectivity index (χ3n) is 2.91. The van der Waals surface area contributed by atoms with Crippen molar-refractivity contribution >= 4 is 27.6 Å². The molecule has 0 bridgehead atoms. The average Bonchev–Trinajstić information content (AvgIpc) is 2.38. The lowest BCUT2D eigenvalue weighted by Crippen LogP contribution is -2.21. The van der Waals surface area contributed by atoms with Gasteiger partial charge in [-0.3, -0.25) is 0 Å². The Balaban J connectivity index is 2.35. The van der Waals surface area contributed by atoms with Crippen LogP contribution in [-0.4, -0.2) is 11.1 Å². The van der Waals surface area contributed by atoms with Crippen LogP contribution in [0.5, 0.6) is 0 Å². The Morgan fingerprint density at radius 2 is 1.79 bits per heavy atom. The summed E-state index contributed by atoms with van der Waals surface area (Å²) in [6.45, 7) is 1.95. The molecule has 3 nitrogen and oxygen atoms in total. The van der Waals surface area contributed by atoms with Gasteiger partial charge in [0.25, 0.3) is 0 Å². The fourth-order valence-corrected chi connectivity index (χ4v) is 2.39. The minimum atomic E-state index is -0.907. The van der Waals surface area contributed by atoms with Crippen molar-refractivity contribution in [3.05, 3.63) is 64.1 Å². The van der Waals surface area contributed by atoms with Crippen LogP contribution in [0.3, 0.4) is 0 Å². The highest BCUT2D eigenvalue weighted by Crippen LogP contribution is 2.27. The zero-order chi connectivity index (χ0) is 13.8. The molecule has 0 spiro atoms. The number of anilines is 1. The fourth-order valence-electron chi connectivity index (χ4n) is 1.87. The first-order valence-corrected chi connectivity index (χ1v) is 6.68. The second kappa shape index (κ2) is 5.89. The van der Waals surface area contributed by atoms with E-state index in [0.717, 1.165) is 15.7 Å². The van der Waals surface area contributed by atoms with Gasteiger partial charge in [-0.2, -0.15) is 0 Å². The minimum Gasteiger partial charge on any atom is -0.479 e. The van der Waals surface area contributed by atoms with Crippen LogP contribution in [0.15, 0.2) is 53.0 Å². The molecule has 2 N–H and O–H groups in total. The lowest BCUT2D eigenvalue weighted by Gasteiger charge is -2.18. The van der Waals surface area contributed by atoms with Crippen molar-refractivity contribution in [1.29, 1.82) is 0 Å². The van der Waals surface area contributed by atoms with Crippen molar-refractivity contribution in [3.8, 4) is 0 Å². The normalized spacial score (nSPS) is 11.9. The molecule has 19 heavy (non-hydrogen) atoms. The van der Waals surface area contributed by atoms with Gasteiger partial charge in [0.2, 0.25) is 0 Å². The molecule has 0 saturated heterocycles. The predicted molar refractivity (Wildman–Crippen MR) is 79.3 cm³/mol. The van der Waals surface area contributed by atoms with E-state index in [1.54, 1.807) is 6.07 Å². The summed E-state index contributed by atoms with van der Waals surface area (Å²) in [6.07, 6.45) is 0. The molecule has 0 radical (unpaired) electrons. The molecule has 0 aromatic heterocycles. The molecule has 2 rings (SSSR count). The van der Waals surface area contributed by atoms with Gasteiger partial charge in [-0.1, -0.05) is 52.3 Å². The molecule has 2 aromatic carbocycles. The van der Waals surface area contributed by atoms with Crippen LogP contribution in [0.4, 0.5) is 5.69 Å². The maximum Gasteiger partial charge on any atom is 0.330 e. The van der Waals surface area contributed by atoms with Gasteiger partial charge >= 0.3 is 5.97 Å². The lowest BCUT2D eigenvalue weighted by molar-refractivity contribution is -0.138. The molecular weight excluding hydrogens is 306 g/mol. The molecule has 2 aromatic rings. The maximum absolute atomic E-state index is 11.5. The fraction of sp³-hybridized carbons (Fsp3) is 0.133. The summed E-state index contributed by atoms with van der Waals surface area (Å²) in [7, 11) is 0. The first-order chi connectivity index (χ1) is 9.09. The van der Waals surface area contributed by atoms with Gasteiger partial charge < -0.3 is 10.4 Å². The average molecular weight is 320 g/mol. The van der Waals surface area contributed by atoms with Crippen LogP contribution in [0.1, 0.15) is 17.2 Å². The summed E-state index contributed by atoms with van der Waals surface area (Å²) in [4.78, 5) is 11.5. The summed E-state index contributed by atoms with van der Waals surface area (Å²) in [5, 5.41) is 12.5. The van der Waals surface area contributed by atoms with E-state index < -0.39 is 12.0 Å². The third kappa shape index (κ3) is 3.15. The molecule has 1 atom stereocenters. The van der Waals surface area contributed by atoms with E-state index in [0.29, 0.717) is 5.56 Å². The van der Waals surface area contributed by atoms with Gasteiger partial charge in [0.1, 0.15) is 0 Å². The van der Waals surface area contributed by atoms with Gasteiger partial charge in [-0.05, 0) is 30.2 Å². The minimum absolute atomic E-state index is 0.707. The highest BCUT2D eigenvalue weighted by molar-refractivity contribution is 9.10. The van der Waals surface area contributed by atoms with E-state index in [2.05, 4.69) is 21.2 Å². The van der Waals surface area contributed by atoms with Crippen LogP contribution >= 0.6 is 15.9 Å². The quantitative estimate of drug-likeness (QED) is 0.895. The number of hydrogen-bond acceptors (Lipinski definition) is 2. The Kier molecular flexibility index (Phi) is 4.22. The van der Waals surface area contributed by atoms with Gasteiger partial charge in [-0.15, -0.1) is 0 Å². The van der Waals surface area contributed by atoms with Crippen molar-refractivity contribution < 1.29 is 9.90 Å². The number of carbonyl (C=O) groups is 1. The summed E-state index contributed by atoms with van der Waals surface area (Å²) < 4.78 is 0.781. The number of rotatable bonds is 4. The van der Waals surface area contributed by atoms with Crippen molar-refractivity contribution in [2.24, 2.45) is 0 Å². The van der Waals surface area contributed by atoms with Crippen molar-refractivity contribution in [2.45, 2.75) is 13.0 Å². The van der Waals surface area contributed by atoms with Crippen LogP contribution in [0.25, 0.3) is 0 Å². The largest absolute Gasteiger partial charge is 0.479 e. The second-order valence-corrected chi connectivity index (χ2v) is 5.11. The molecule has 0 saturated carbocycles. The number of hydrogen-bond donors (Lipinski definition) is 2. The first kappa shape index (κ1) is 13.6. The first-order valence-electron chi connectivity index (χ1n) is 5.89. The highest BCUT2D eigenvalue weighted by atomic mass is 79.9. The van der Waals surface area contributed by atoms with Crippen LogP contribution in [0, 0.1) is 6.92 Å². The zero-order valence-electron chi connectivity index (χ0n) is 10.4. The number of benzene rings is 2. The molecule has 0 aliphatic rings. The van der Waals surface area contributed by atoms with Gasteiger partial charge in [0.15, 0.2) is 6.04 Å². The molecule has 0 heterocycles. The van der Waals surface area contributed by atoms with E-state index in [4.69, 9.17) is 0 Å². The Labute approximate surface area is 120 Å². The topological polar surface area (TPSA) is 49.3 Å². The van der Waals surface area contributed by atoms with Crippen LogP contribution < -0.4 is 5.32 Å². The summed E-state index contributed by atoms with van der Waals surface area (Å²) in [6, 6.07) is 14.2. The molecule has 0 aliphatic heterocycles. The number of carboxylic acid groups (broad SMARTS) is 1. The summed E-state index contributed by atoms with van der Waals surface area (Å²) in [5.74, 6) is -0.907. The number of halogens is 1. The van der Waals surface area contributed by atoms with Crippen molar-refractivity contribution in [3.63, 3.8) is 0 Å². The Bertz CT molecular complexity index is 598. The smallest absolute Gasteiger partial charge is 0.330 e. The van der Waals surface area contributed by atoms with Gasteiger partial charge in [0, 0.05) is 10.2 Å². The Morgan fingerprint density at radius 3 is 2.42 bits per heavy atom. The number of para-hydroxylation sites is 1.